The molecule has 0 aliphatic carbocycles. The maximum absolute atomic E-state index is 13.0. The third kappa shape index (κ3) is 5.36. The van der Waals surface area contributed by atoms with Gasteiger partial charge in [-0.3, -0.25) is 9.69 Å². The number of aliphatic hydroxyl groups excluding tert-OH is 1. The maximum Gasteiger partial charge on any atom is 0.417 e. The van der Waals surface area contributed by atoms with E-state index in [0.717, 1.165) is 18.8 Å². The highest BCUT2D eigenvalue weighted by Gasteiger charge is 2.35. The van der Waals surface area contributed by atoms with E-state index in [0.29, 0.717) is 51.4 Å². The summed E-state index contributed by atoms with van der Waals surface area (Å²) in [7, 11) is 0. The first-order valence-electron chi connectivity index (χ1n) is 10.2. The van der Waals surface area contributed by atoms with E-state index in [9.17, 15) is 23.1 Å². The van der Waals surface area contributed by atoms with E-state index in [1.54, 1.807) is 6.92 Å². The molecule has 0 spiro atoms. The van der Waals surface area contributed by atoms with E-state index in [-0.39, 0.29) is 22.9 Å². The Hall–Kier alpha value is -1.58. The Balaban J connectivity index is 1.55. The van der Waals surface area contributed by atoms with Crippen LogP contribution in [0, 0.1) is 5.92 Å². The number of β-amino-alcohol motifs (C(OH)–C–C–N with tert-alkyl or cyclic N) is 1. The Bertz CT molecular complexity index is 754. The van der Waals surface area contributed by atoms with Crippen LogP contribution in [0.4, 0.5) is 19.0 Å². The summed E-state index contributed by atoms with van der Waals surface area (Å²) in [5, 5.41) is 9.57. The molecule has 6 nitrogen and oxygen atoms in total. The largest absolute Gasteiger partial charge is 0.417 e. The van der Waals surface area contributed by atoms with Gasteiger partial charge in [0.1, 0.15) is 5.82 Å². The summed E-state index contributed by atoms with van der Waals surface area (Å²) in [5.74, 6) is 0.352. The molecule has 10 heteroatoms. The highest BCUT2D eigenvalue weighted by Crippen LogP contribution is 2.35. The normalized spacial score (nSPS) is 23.0. The fourth-order valence-corrected chi connectivity index (χ4v) is 4.51. The van der Waals surface area contributed by atoms with Crippen molar-refractivity contribution < 1.29 is 23.1 Å². The van der Waals surface area contributed by atoms with Gasteiger partial charge in [-0.1, -0.05) is 11.6 Å². The van der Waals surface area contributed by atoms with Crippen LogP contribution >= 0.6 is 11.6 Å². The first-order valence-corrected chi connectivity index (χ1v) is 10.6. The second-order valence-electron chi connectivity index (χ2n) is 8.27. The topological polar surface area (TPSA) is 59.9 Å². The van der Waals surface area contributed by atoms with Gasteiger partial charge < -0.3 is 14.9 Å². The molecule has 0 aromatic carbocycles. The standard InChI is InChI=1S/C20H28ClF3N4O2/c1-13-11-28(8-7-27(13)12-14(2)29)19(30)15-3-5-26(6-4-15)18-17(21)9-16(10-25-18)20(22,23)24/h9-10,13-15,29H,3-8,11-12H2,1-2H3/t13-,14+/m1/s1. The van der Waals surface area contributed by atoms with Crippen LogP contribution in [0.1, 0.15) is 32.3 Å². The predicted octanol–water partition coefficient (Wildman–Crippen LogP) is 2.88. The molecule has 3 rings (SSSR count). The molecule has 0 unspecified atom stereocenters. The second-order valence-corrected chi connectivity index (χ2v) is 8.67. The molecule has 3 heterocycles. The van der Waals surface area contributed by atoms with Crippen molar-refractivity contribution in [3.05, 3.63) is 22.8 Å². The van der Waals surface area contributed by atoms with Gasteiger partial charge in [-0.25, -0.2) is 4.98 Å². The average Bonchev–Trinajstić information content (AvgIpc) is 2.68. The predicted molar refractivity (Wildman–Crippen MR) is 108 cm³/mol. The number of aromatic nitrogens is 1. The molecule has 2 atom stereocenters. The lowest BCUT2D eigenvalue weighted by atomic mass is 9.94. The van der Waals surface area contributed by atoms with Crippen LogP contribution in [0.2, 0.25) is 5.02 Å². The fraction of sp³-hybridized carbons (Fsp3) is 0.700. The van der Waals surface area contributed by atoms with E-state index in [1.807, 2.05) is 9.80 Å². The number of carbonyl (C=O) groups excluding carboxylic acids is 1. The molecule has 0 radical (unpaired) electrons. The molecule has 1 amide bonds. The van der Waals surface area contributed by atoms with Crippen molar-refractivity contribution in [3.8, 4) is 0 Å². The lowest BCUT2D eigenvalue weighted by Crippen LogP contribution is -2.56. The van der Waals surface area contributed by atoms with Crippen molar-refractivity contribution in [2.24, 2.45) is 5.92 Å². The van der Waals surface area contributed by atoms with Gasteiger partial charge in [0.15, 0.2) is 0 Å². The van der Waals surface area contributed by atoms with Gasteiger partial charge in [0.05, 0.1) is 16.7 Å². The van der Waals surface area contributed by atoms with Crippen molar-refractivity contribution in [3.63, 3.8) is 0 Å². The summed E-state index contributed by atoms with van der Waals surface area (Å²) in [6, 6.07) is 1.09. The molecule has 1 N–H and O–H groups in total. The van der Waals surface area contributed by atoms with Crippen LogP contribution in [0.15, 0.2) is 12.3 Å². The van der Waals surface area contributed by atoms with Gasteiger partial charge in [0, 0.05) is 57.4 Å². The molecule has 2 aliphatic heterocycles. The minimum absolute atomic E-state index is 0.0299. The quantitative estimate of drug-likeness (QED) is 0.767. The van der Waals surface area contributed by atoms with Crippen LogP contribution in [-0.2, 0) is 11.0 Å². The zero-order valence-electron chi connectivity index (χ0n) is 17.2. The number of rotatable bonds is 4. The molecular formula is C20H28ClF3N4O2. The molecule has 2 aliphatic rings. The van der Waals surface area contributed by atoms with Gasteiger partial charge >= 0.3 is 6.18 Å². The van der Waals surface area contributed by atoms with E-state index < -0.39 is 17.8 Å². The summed E-state index contributed by atoms with van der Waals surface area (Å²) >= 11 is 6.05. The number of carbonyl (C=O) groups is 1. The zero-order valence-corrected chi connectivity index (χ0v) is 18.0. The minimum Gasteiger partial charge on any atom is -0.392 e. The van der Waals surface area contributed by atoms with Crippen molar-refractivity contribution in [1.82, 2.24) is 14.8 Å². The van der Waals surface area contributed by atoms with Crippen LogP contribution in [0.3, 0.4) is 0 Å². The fourth-order valence-electron chi connectivity index (χ4n) is 4.22. The number of aliphatic hydroxyl groups is 1. The molecule has 1 aromatic rings. The van der Waals surface area contributed by atoms with Gasteiger partial charge in [-0.05, 0) is 32.8 Å². The Labute approximate surface area is 179 Å². The van der Waals surface area contributed by atoms with Crippen molar-refractivity contribution >= 4 is 23.3 Å². The number of piperidine rings is 1. The van der Waals surface area contributed by atoms with Crippen LogP contribution in [0.25, 0.3) is 0 Å². The molecule has 0 saturated carbocycles. The third-order valence-electron chi connectivity index (χ3n) is 5.87. The lowest BCUT2D eigenvalue weighted by Gasteiger charge is -2.42. The Morgan fingerprint density at radius 2 is 1.97 bits per heavy atom. The summed E-state index contributed by atoms with van der Waals surface area (Å²) < 4.78 is 38.4. The third-order valence-corrected chi connectivity index (χ3v) is 6.15. The summed E-state index contributed by atoms with van der Waals surface area (Å²) in [4.78, 5) is 22.8. The van der Waals surface area contributed by atoms with Crippen molar-refractivity contribution in [1.29, 1.82) is 0 Å². The molecule has 30 heavy (non-hydrogen) atoms. The number of amides is 1. The molecule has 168 valence electrons. The molecule has 1 aromatic heterocycles. The molecule has 2 fully saturated rings. The second kappa shape index (κ2) is 9.28. The summed E-state index contributed by atoms with van der Waals surface area (Å²) in [6.07, 6.45) is -2.86. The van der Waals surface area contributed by atoms with E-state index in [4.69, 9.17) is 11.6 Å². The average molecular weight is 449 g/mol. The van der Waals surface area contributed by atoms with Gasteiger partial charge in [0.25, 0.3) is 0 Å². The smallest absolute Gasteiger partial charge is 0.392 e. The van der Waals surface area contributed by atoms with E-state index in [1.165, 1.54) is 0 Å². The molecular weight excluding hydrogens is 421 g/mol. The first-order chi connectivity index (χ1) is 14.1. The van der Waals surface area contributed by atoms with E-state index in [2.05, 4.69) is 16.8 Å². The zero-order chi connectivity index (χ0) is 22.1. The summed E-state index contributed by atoms with van der Waals surface area (Å²) in [6.45, 7) is 7.47. The Morgan fingerprint density at radius 3 is 2.50 bits per heavy atom. The highest BCUT2D eigenvalue weighted by atomic mass is 35.5. The Kier molecular flexibility index (Phi) is 7.14. The molecule has 0 bridgehead atoms. The van der Waals surface area contributed by atoms with Crippen LogP contribution in [-0.4, -0.2) is 77.2 Å². The number of alkyl halides is 3. The van der Waals surface area contributed by atoms with Gasteiger partial charge in [0.2, 0.25) is 5.91 Å². The minimum atomic E-state index is -4.48. The summed E-state index contributed by atoms with van der Waals surface area (Å²) in [5.41, 5.74) is -0.870. The monoisotopic (exact) mass is 448 g/mol. The highest BCUT2D eigenvalue weighted by molar-refractivity contribution is 6.33. The maximum atomic E-state index is 13.0. The SMILES string of the molecule is C[C@H](O)CN1CCN(C(=O)C2CCN(c3ncc(C(F)(F)F)cc3Cl)CC2)C[C@H]1C. The number of anilines is 1. The lowest BCUT2D eigenvalue weighted by molar-refractivity contribution is -0.139. The number of hydrogen-bond acceptors (Lipinski definition) is 5. The van der Waals surface area contributed by atoms with Gasteiger partial charge in [-0.15, -0.1) is 0 Å². The Morgan fingerprint density at radius 1 is 1.30 bits per heavy atom. The molecule has 2 saturated heterocycles. The number of nitrogens with zero attached hydrogens (tertiary/aromatic N) is 4. The van der Waals surface area contributed by atoms with E-state index >= 15 is 0 Å². The van der Waals surface area contributed by atoms with Crippen molar-refractivity contribution in [2.45, 2.75) is 45.0 Å². The van der Waals surface area contributed by atoms with Crippen molar-refractivity contribution in [2.75, 3.05) is 44.2 Å². The van der Waals surface area contributed by atoms with Crippen LogP contribution < -0.4 is 4.90 Å². The first kappa shape index (κ1) is 23.1. The van der Waals surface area contributed by atoms with Gasteiger partial charge in [-0.2, -0.15) is 13.2 Å². The number of hydrogen-bond donors (Lipinski definition) is 1. The number of piperazine rings is 1. The number of halogens is 4. The van der Waals surface area contributed by atoms with Crippen LogP contribution in [0.5, 0.6) is 0 Å². The number of pyridine rings is 1.